The first kappa shape index (κ1) is 12.8. The van der Waals surface area contributed by atoms with Gasteiger partial charge in [-0.25, -0.2) is 0 Å². The Hall–Kier alpha value is -1.67. The molecular weight excluding hydrogens is 220 g/mol. The van der Waals surface area contributed by atoms with E-state index in [4.69, 9.17) is 0 Å². The van der Waals surface area contributed by atoms with Crippen LogP contribution in [0.25, 0.3) is 11.1 Å². The monoisotopic (exact) mass is 240 g/mol. The van der Waals surface area contributed by atoms with Crippen LogP contribution in [0.5, 0.6) is 0 Å². The van der Waals surface area contributed by atoms with Crippen LogP contribution in [-0.2, 0) is 0 Å². The molecule has 0 aliphatic heterocycles. The first-order valence-electron chi connectivity index (χ1n) is 6.55. The highest BCUT2D eigenvalue weighted by molar-refractivity contribution is 5.62. The van der Waals surface area contributed by atoms with Crippen molar-refractivity contribution in [1.82, 2.24) is 10.3 Å². The Bertz CT molecular complexity index is 462. The number of benzene rings is 1. The number of aromatic nitrogens is 1. The van der Waals surface area contributed by atoms with Crippen LogP contribution in [0, 0.1) is 0 Å². The van der Waals surface area contributed by atoms with Crippen molar-refractivity contribution in [3.8, 4) is 11.1 Å². The predicted molar refractivity (Wildman–Crippen MR) is 76.4 cm³/mol. The smallest absolute Gasteiger partial charge is 0.0346 e. The maximum absolute atomic E-state index is 4.15. The molecule has 0 aliphatic carbocycles. The molecule has 1 aromatic heterocycles. The number of pyridine rings is 1. The summed E-state index contributed by atoms with van der Waals surface area (Å²) in [6, 6.07) is 13.2. The van der Waals surface area contributed by atoms with Gasteiger partial charge in [-0.3, -0.25) is 4.98 Å². The van der Waals surface area contributed by atoms with E-state index in [0.717, 1.165) is 13.0 Å². The summed E-state index contributed by atoms with van der Waals surface area (Å²) in [5.41, 5.74) is 3.71. The fraction of sp³-hybridized carbons (Fsp3) is 0.312. The standard InChI is InChI=1S/C16H20N2/c1-3-10-18-13(2)14-6-8-15(9-7-14)16-5-4-11-17-12-16/h4-9,11-13,18H,3,10H2,1-2H3. The highest BCUT2D eigenvalue weighted by atomic mass is 14.9. The zero-order valence-corrected chi connectivity index (χ0v) is 11.1. The summed E-state index contributed by atoms with van der Waals surface area (Å²) in [6.07, 6.45) is 4.86. The molecule has 2 rings (SSSR count). The Morgan fingerprint density at radius 2 is 1.89 bits per heavy atom. The van der Waals surface area contributed by atoms with Crippen LogP contribution in [-0.4, -0.2) is 11.5 Å². The third-order valence-corrected chi connectivity index (χ3v) is 3.11. The minimum Gasteiger partial charge on any atom is -0.310 e. The van der Waals surface area contributed by atoms with Crippen molar-refractivity contribution < 1.29 is 0 Å². The van der Waals surface area contributed by atoms with Crippen molar-refractivity contribution in [2.45, 2.75) is 26.3 Å². The molecule has 1 heterocycles. The van der Waals surface area contributed by atoms with Gasteiger partial charge >= 0.3 is 0 Å². The van der Waals surface area contributed by atoms with Gasteiger partial charge in [0.15, 0.2) is 0 Å². The Morgan fingerprint density at radius 3 is 2.50 bits per heavy atom. The molecule has 18 heavy (non-hydrogen) atoms. The van der Waals surface area contributed by atoms with Crippen molar-refractivity contribution in [2.24, 2.45) is 0 Å². The Morgan fingerprint density at radius 1 is 1.11 bits per heavy atom. The minimum absolute atomic E-state index is 0.410. The van der Waals surface area contributed by atoms with E-state index in [-0.39, 0.29) is 0 Å². The van der Waals surface area contributed by atoms with Gasteiger partial charge in [0.05, 0.1) is 0 Å². The Balaban J connectivity index is 2.10. The largest absolute Gasteiger partial charge is 0.310 e. The fourth-order valence-electron chi connectivity index (χ4n) is 1.98. The molecule has 0 saturated carbocycles. The summed E-state index contributed by atoms with van der Waals surface area (Å²) in [4.78, 5) is 4.15. The van der Waals surface area contributed by atoms with E-state index in [1.165, 1.54) is 16.7 Å². The molecular formula is C16H20N2. The second-order valence-electron chi connectivity index (χ2n) is 4.54. The molecule has 0 radical (unpaired) electrons. The number of hydrogen-bond donors (Lipinski definition) is 1. The number of nitrogens with zero attached hydrogens (tertiary/aromatic N) is 1. The molecule has 1 N–H and O–H groups in total. The summed E-state index contributed by atoms with van der Waals surface area (Å²) in [6.45, 7) is 5.45. The second-order valence-corrected chi connectivity index (χ2v) is 4.54. The molecule has 0 saturated heterocycles. The van der Waals surface area contributed by atoms with Crippen molar-refractivity contribution in [2.75, 3.05) is 6.54 Å². The summed E-state index contributed by atoms with van der Waals surface area (Å²) < 4.78 is 0. The van der Waals surface area contributed by atoms with Gasteiger partial charge in [-0.2, -0.15) is 0 Å². The van der Waals surface area contributed by atoms with Gasteiger partial charge in [-0.15, -0.1) is 0 Å². The van der Waals surface area contributed by atoms with Crippen molar-refractivity contribution in [3.05, 3.63) is 54.4 Å². The maximum atomic E-state index is 4.15. The summed E-state index contributed by atoms with van der Waals surface area (Å²) >= 11 is 0. The fourth-order valence-corrected chi connectivity index (χ4v) is 1.98. The van der Waals surface area contributed by atoms with Crippen LogP contribution >= 0.6 is 0 Å². The van der Waals surface area contributed by atoms with Crippen LogP contribution in [0.1, 0.15) is 31.9 Å². The van der Waals surface area contributed by atoms with E-state index in [2.05, 4.69) is 54.5 Å². The number of nitrogens with one attached hydrogen (secondary N) is 1. The maximum Gasteiger partial charge on any atom is 0.0346 e. The van der Waals surface area contributed by atoms with E-state index >= 15 is 0 Å². The van der Waals surface area contributed by atoms with E-state index < -0.39 is 0 Å². The normalized spacial score (nSPS) is 12.3. The first-order valence-corrected chi connectivity index (χ1v) is 6.55. The molecule has 1 unspecified atom stereocenters. The average molecular weight is 240 g/mol. The minimum atomic E-state index is 0.410. The molecule has 0 fully saturated rings. The number of rotatable bonds is 5. The summed E-state index contributed by atoms with van der Waals surface area (Å²) in [5.74, 6) is 0. The topological polar surface area (TPSA) is 24.9 Å². The van der Waals surface area contributed by atoms with Crippen LogP contribution < -0.4 is 5.32 Å². The molecule has 2 heteroatoms. The van der Waals surface area contributed by atoms with Crippen LogP contribution in [0.15, 0.2) is 48.8 Å². The van der Waals surface area contributed by atoms with Gasteiger partial charge in [0.1, 0.15) is 0 Å². The van der Waals surface area contributed by atoms with Gasteiger partial charge in [0.2, 0.25) is 0 Å². The van der Waals surface area contributed by atoms with Gasteiger partial charge in [-0.05, 0) is 42.6 Å². The molecule has 0 amide bonds. The van der Waals surface area contributed by atoms with Gasteiger partial charge in [-0.1, -0.05) is 37.3 Å². The van der Waals surface area contributed by atoms with Crippen molar-refractivity contribution in [1.29, 1.82) is 0 Å². The lowest BCUT2D eigenvalue weighted by molar-refractivity contribution is 0.571. The predicted octanol–water partition coefficient (Wildman–Crippen LogP) is 3.81. The third kappa shape index (κ3) is 3.17. The zero-order valence-electron chi connectivity index (χ0n) is 11.1. The van der Waals surface area contributed by atoms with Crippen LogP contribution in [0.3, 0.4) is 0 Å². The number of hydrogen-bond acceptors (Lipinski definition) is 2. The molecule has 2 nitrogen and oxygen atoms in total. The van der Waals surface area contributed by atoms with Gasteiger partial charge < -0.3 is 5.32 Å². The highest BCUT2D eigenvalue weighted by Crippen LogP contribution is 2.21. The molecule has 2 aromatic rings. The van der Waals surface area contributed by atoms with Gasteiger partial charge in [0, 0.05) is 18.4 Å². The molecule has 1 aromatic carbocycles. The Labute approximate surface area is 109 Å². The molecule has 0 spiro atoms. The average Bonchev–Trinajstić information content (AvgIpc) is 2.46. The van der Waals surface area contributed by atoms with Crippen molar-refractivity contribution in [3.63, 3.8) is 0 Å². The molecule has 1 atom stereocenters. The van der Waals surface area contributed by atoms with E-state index in [0.29, 0.717) is 6.04 Å². The van der Waals surface area contributed by atoms with Crippen LogP contribution in [0.2, 0.25) is 0 Å². The van der Waals surface area contributed by atoms with Gasteiger partial charge in [0.25, 0.3) is 0 Å². The van der Waals surface area contributed by atoms with E-state index in [9.17, 15) is 0 Å². The molecule has 0 aliphatic rings. The quantitative estimate of drug-likeness (QED) is 0.859. The van der Waals surface area contributed by atoms with Crippen LogP contribution in [0.4, 0.5) is 0 Å². The third-order valence-electron chi connectivity index (χ3n) is 3.11. The van der Waals surface area contributed by atoms with E-state index in [1.54, 1.807) is 6.20 Å². The summed E-state index contributed by atoms with van der Waals surface area (Å²) in [7, 11) is 0. The SMILES string of the molecule is CCCNC(C)c1ccc(-c2cccnc2)cc1. The second kappa shape index (κ2) is 6.31. The van der Waals surface area contributed by atoms with Crippen molar-refractivity contribution >= 4 is 0 Å². The molecule has 94 valence electrons. The first-order chi connectivity index (χ1) is 8.81. The lowest BCUT2D eigenvalue weighted by atomic mass is 10.0. The Kier molecular flexibility index (Phi) is 4.48. The lowest BCUT2D eigenvalue weighted by Gasteiger charge is -2.14. The summed E-state index contributed by atoms with van der Waals surface area (Å²) in [5, 5.41) is 3.50. The molecule has 0 bridgehead atoms. The zero-order chi connectivity index (χ0) is 12.8. The van der Waals surface area contributed by atoms with E-state index in [1.807, 2.05) is 12.3 Å². The highest BCUT2D eigenvalue weighted by Gasteiger charge is 2.04. The lowest BCUT2D eigenvalue weighted by Crippen LogP contribution is -2.19.